The van der Waals surface area contributed by atoms with Crippen LogP contribution in [-0.4, -0.2) is 18.4 Å². The molecule has 2 aromatic rings. The van der Waals surface area contributed by atoms with Gasteiger partial charge in [0.05, 0.1) is 5.92 Å². The molecule has 1 saturated heterocycles. The minimum atomic E-state index is -0.364. The van der Waals surface area contributed by atoms with E-state index in [4.69, 9.17) is 11.6 Å². The Morgan fingerprint density at radius 2 is 1.96 bits per heavy atom. The summed E-state index contributed by atoms with van der Waals surface area (Å²) in [5.41, 5.74) is 2.54. The average Bonchev–Trinajstić information content (AvgIpc) is 2.94. The van der Waals surface area contributed by atoms with Gasteiger partial charge in [-0.3, -0.25) is 9.59 Å². The quantitative estimate of drug-likeness (QED) is 0.819. The first kappa shape index (κ1) is 17.0. The van der Waals surface area contributed by atoms with Gasteiger partial charge in [0.25, 0.3) is 0 Å². The van der Waals surface area contributed by atoms with Crippen LogP contribution in [-0.2, 0) is 9.59 Å². The van der Waals surface area contributed by atoms with E-state index < -0.39 is 0 Å². The number of hydrogen-bond donors (Lipinski definition) is 1. The summed E-state index contributed by atoms with van der Waals surface area (Å²) in [6.07, 6.45) is 0.212. The van der Waals surface area contributed by atoms with E-state index in [9.17, 15) is 9.59 Å². The van der Waals surface area contributed by atoms with Crippen molar-refractivity contribution in [3.8, 4) is 0 Å². The van der Waals surface area contributed by atoms with Gasteiger partial charge in [-0.1, -0.05) is 27.5 Å². The molecule has 1 aliphatic heterocycles. The van der Waals surface area contributed by atoms with Crippen LogP contribution in [0.5, 0.6) is 0 Å². The van der Waals surface area contributed by atoms with Crippen molar-refractivity contribution in [3.63, 3.8) is 0 Å². The van der Waals surface area contributed by atoms with E-state index in [1.54, 1.807) is 29.2 Å². The zero-order valence-corrected chi connectivity index (χ0v) is 15.4. The number of hydrogen-bond acceptors (Lipinski definition) is 2. The van der Waals surface area contributed by atoms with E-state index >= 15 is 0 Å². The van der Waals surface area contributed by atoms with Crippen molar-refractivity contribution in [1.82, 2.24) is 0 Å². The predicted molar refractivity (Wildman–Crippen MR) is 99.4 cm³/mol. The zero-order valence-electron chi connectivity index (χ0n) is 13.1. The summed E-state index contributed by atoms with van der Waals surface area (Å²) in [7, 11) is 0. The van der Waals surface area contributed by atoms with Crippen LogP contribution in [0.4, 0.5) is 11.4 Å². The van der Waals surface area contributed by atoms with Crippen molar-refractivity contribution in [2.24, 2.45) is 5.92 Å². The van der Waals surface area contributed by atoms with E-state index in [0.717, 1.165) is 21.4 Å². The van der Waals surface area contributed by atoms with Crippen molar-refractivity contribution in [2.75, 3.05) is 16.8 Å². The fourth-order valence-corrected chi connectivity index (χ4v) is 3.09. The standard InChI is InChI=1S/C18H16BrClN2O2/c1-11-8-14(4-7-16(11)19)21-18(24)12-9-17(23)22(10-12)15-5-2-13(20)3-6-15/h2-8,12H,9-10H2,1H3,(H,21,24)/t12-/m1/s1. The Hall–Kier alpha value is -1.85. The Bertz CT molecular complexity index is 792. The van der Waals surface area contributed by atoms with Gasteiger partial charge in [-0.05, 0) is 55.0 Å². The highest BCUT2D eigenvalue weighted by Crippen LogP contribution is 2.27. The summed E-state index contributed by atoms with van der Waals surface area (Å²) in [5.74, 6) is -0.553. The maximum Gasteiger partial charge on any atom is 0.229 e. The van der Waals surface area contributed by atoms with Gasteiger partial charge >= 0.3 is 0 Å². The molecule has 1 heterocycles. The van der Waals surface area contributed by atoms with Gasteiger partial charge in [-0.15, -0.1) is 0 Å². The summed E-state index contributed by atoms with van der Waals surface area (Å²) < 4.78 is 0.991. The minimum Gasteiger partial charge on any atom is -0.326 e. The molecule has 0 bridgehead atoms. The Kier molecular flexibility index (Phi) is 4.92. The predicted octanol–water partition coefficient (Wildman–Crippen LogP) is 4.40. The average molecular weight is 408 g/mol. The Labute approximate surface area is 153 Å². The second kappa shape index (κ2) is 6.95. The molecule has 6 heteroatoms. The van der Waals surface area contributed by atoms with Crippen LogP contribution in [0.25, 0.3) is 0 Å². The normalized spacial score (nSPS) is 17.2. The van der Waals surface area contributed by atoms with Crippen LogP contribution < -0.4 is 10.2 Å². The highest BCUT2D eigenvalue weighted by atomic mass is 79.9. The largest absolute Gasteiger partial charge is 0.326 e. The van der Waals surface area contributed by atoms with E-state index in [2.05, 4.69) is 21.2 Å². The molecule has 0 unspecified atom stereocenters. The van der Waals surface area contributed by atoms with E-state index in [-0.39, 0.29) is 24.2 Å². The van der Waals surface area contributed by atoms with Gasteiger partial charge < -0.3 is 10.2 Å². The number of nitrogens with zero attached hydrogens (tertiary/aromatic N) is 1. The SMILES string of the molecule is Cc1cc(NC(=O)[C@@H]2CC(=O)N(c3ccc(Cl)cc3)C2)ccc1Br. The molecule has 124 valence electrons. The summed E-state index contributed by atoms with van der Waals surface area (Å²) in [4.78, 5) is 26.3. The van der Waals surface area contributed by atoms with E-state index in [0.29, 0.717) is 11.6 Å². The number of carbonyl (C=O) groups is 2. The molecule has 0 aromatic heterocycles. The smallest absolute Gasteiger partial charge is 0.229 e. The lowest BCUT2D eigenvalue weighted by Crippen LogP contribution is -2.28. The first-order valence-corrected chi connectivity index (χ1v) is 8.74. The van der Waals surface area contributed by atoms with Crippen molar-refractivity contribution >= 4 is 50.7 Å². The number of anilines is 2. The monoisotopic (exact) mass is 406 g/mol. The Morgan fingerprint density at radius 1 is 1.25 bits per heavy atom. The number of carbonyl (C=O) groups excluding carboxylic acids is 2. The first-order valence-electron chi connectivity index (χ1n) is 7.57. The molecular formula is C18H16BrClN2O2. The van der Waals surface area contributed by atoms with Gasteiger partial charge in [0, 0.05) is 33.8 Å². The Balaban J connectivity index is 1.69. The maximum absolute atomic E-state index is 12.5. The number of nitrogens with one attached hydrogen (secondary N) is 1. The van der Waals surface area contributed by atoms with Gasteiger partial charge in [0.15, 0.2) is 0 Å². The first-order chi connectivity index (χ1) is 11.4. The third-order valence-corrected chi connectivity index (χ3v) is 5.20. The molecule has 2 amide bonds. The molecule has 2 aromatic carbocycles. The zero-order chi connectivity index (χ0) is 17.3. The topological polar surface area (TPSA) is 49.4 Å². The van der Waals surface area contributed by atoms with Crippen molar-refractivity contribution < 1.29 is 9.59 Å². The molecule has 24 heavy (non-hydrogen) atoms. The molecule has 1 aliphatic rings. The lowest BCUT2D eigenvalue weighted by Gasteiger charge is -2.17. The molecule has 1 atom stereocenters. The highest BCUT2D eigenvalue weighted by Gasteiger charge is 2.35. The number of halogens is 2. The van der Waals surface area contributed by atoms with Crippen LogP contribution >= 0.6 is 27.5 Å². The molecular weight excluding hydrogens is 392 g/mol. The molecule has 1 N–H and O–H groups in total. The lowest BCUT2D eigenvalue weighted by molar-refractivity contribution is -0.122. The van der Waals surface area contributed by atoms with Gasteiger partial charge in [-0.2, -0.15) is 0 Å². The number of rotatable bonds is 3. The fraction of sp³-hybridized carbons (Fsp3) is 0.222. The Morgan fingerprint density at radius 3 is 2.62 bits per heavy atom. The van der Waals surface area contributed by atoms with Crippen LogP contribution in [0.15, 0.2) is 46.9 Å². The van der Waals surface area contributed by atoms with Crippen LogP contribution in [0.3, 0.4) is 0 Å². The number of amides is 2. The molecule has 0 saturated carbocycles. The highest BCUT2D eigenvalue weighted by molar-refractivity contribution is 9.10. The lowest BCUT2D eigenvalue weighted by atomic mass is 10.1. The molecule has 0 aliphatic carbocycles. The van der Waals surface area contributed by atoms with Crippen molar-refractivity contribution in [2.45, 2.75) is 13.3 Å². The van der Waals surface area contributed by atoms with Crippen LogP contribution in [0.2, 0.25) is 5.02 Å². The third kappa shape index (κ3) is 3.62. The summed E-state index contributed by atoms with van der Waals surface area (Å²) in [6, 6.07) is 12.7. The van der Waals surface area contributed by atoms with Crippen LogP contribution in [0, 0.1) is 12.8 Å². The van der Waals surface area contributed by atoms with E-state index in [1.807, 2.05) is 25.1 Å². The van der Waals surface area contributed by atoms with Gasteiger partial charge in [0.1, 0.15) is 0 Å². The second-order valence-corrected chi connectivity index (χ2v) is 7.13. The maximum atomic E-state index is 12.5. The summed E-state index contributed by atoms with van der Waals surface area (Å²) in [6.45, 7) is 2.34. The van der Waals surface area contributed by atoms with Crippen molar-refractivity contribution in [3.05, 3.63) is 57.5 Å². The number of benzene rings is 2. The van der Waals surface area contributed by atoms with Gasteiger partial charge in [0.2, 0.25) is 11.8 Å². The molecule has 4 nitrogen and oxygen atoms in total. The van der Waals surface area contributed by atoms with E-state index in [1.165, 1.54) is 0 Å². The minimum absolute atomic E-state index is 0.0514. The number of aryl methyl sites for hydroxylation is 1. The van der Waals surface area contributed by atoms with Crippen LogP contribution in [0.1, 0.15) is 12.0 Å². The van der Waals surface area contributed by atoms with Crippen molar-refractivity contribution in [1.29, 1.82) is 0 Å². The summed E-state index contributed by atoms with van der Waals surface area (Å²) in [5, 5.41) is 3.51. The molecule has 0 radical (unpaired) electrons. The summed E-state index contributed by atoms with van der Waals surface area (Å²) >= 11 is 9.31. The third-order valence-electron chi connectivity index (χ3n) is 4.06. The molecule has 3 rings (SSSR count). The fourth-order valence-electron chi connectivity index (χ4n) is 2.72. The molecule has 1 fully saturated rings. The second-order valence-electron chi connectivity index (χ2n) is 5.84. The molecule has 0 spiro atoms. The van der Waals surface area contributed by atoms with Gasteiger partial charge in [-0.25, -0.2) is 0 Å².